The van der Waals surface area contributed by atoms with Crippen LogP contribution < -0.4 is 20.9 Å². The number of rotatable bonds is 5. The lowest BCUT2D eigenvalue weighted by atomic mass is 10.2. The summed E-state index contributed by atoms with van der Waals surface area (Å²) < 4.78 is 27.5. The molecule has 1 amide bonds. The highest BCUT2D eigenvalue weighted by molar-refractivity contribution is 7.92. The van der Waals surface area contributed by atoms with E-state index in [0.29, 0.717) is 0 Å². The minimum atomic E-state index is -3.76. The van der Waals surface area contributed by atoms with Crippen LogP contribution in [0.2, 0.25) is 0 Å². The second-order valence-corrected chi connectivity index (χ2v) is 8.49. The number of benzene rings is 3. The lowest BCUT2D eigenvalue weighted by Crippen LogP contribution is -2.43. The van der Waals surface area contributed by atoms with Gasteiger partial charge in [0.2, 0.25) is 0 Å². The van der Waals surface area contributed by atoms with E-state index in [0.717, 1.165) is 11.3 Å². The predicted molar refractivity (Wildman–Crippen MR) is 122 cm³/mol. The number of thiocarbonyl (C=S) groups is 1. The topological polar surface area (TPSA) is 99.3 Å². The Morgan fingerprint density at radius 1 is 0.833 bits per heavy atom. The Kier molecular flexibility index (Phi) is 6.65. The van der Waals surface area contributed by atoms with Crippen molar-refractivity contribution in [3.63, 3.8) is 0 Å². The normalized spacial score (nSPS) is 10.7. The van der Waals surface area contributed by atoms with E-state index in [1.807, 2.05) is 37.3 Å². The minimum Gasteiger partial charge on any atom is -0.331 e. The molecule has 154 valence electrons. The van der Waals surface area contributed by atoms with Crippen molar-refractivity contribution in [2.24, 2.45) is 0 Å². The Morgan fingerprint density at radius 2 is 1.50 bits per heavy atom. The average Bonchev–Trinajstić information content (AvgIpc) is 2.73. The van der Waals surface area contributed by atoms with E-state index in [9.17, 15) is 13.2 Å². The molecule has 0 bridgehead atoms. The SMILES string of the molecule is Cc1ccc(S(=O)(=O)Nc2cccc(C(=O)NNC(=S)Nc3ccccc3)c2)cc1. The van der Waals surface area contributed by atoms with Crippen molar-refractivity contribution >= 4 is 44.6 Å². The van der Waals surface area contributed by atoms with Crippen LogP contribution >= 0.6 is 12.2 Å². The molecule has 3 aromatic rings. The molecule has 0 aliphatic rings. The first kappa shape index (κ1) is 21.3. The van der Waals surface area contributed by atoms with Crippen LogP contribution in [0.4, 0.5) is 11.4 Å². The highest BCUT2D eigenvalue weighted by Crippen LogP contribution is 2.17. The van der Waals surface area contributed by atoms with Crippen molar-refractivity contribution in [1.29, 1.82) is 0 Å². The Labute approximate surface area is 180 Å². The summed E-state index contributed by atoms with van der Waals surface area (Å²) in [6.45, 7) is 1.88. The molecule has 0 saturated heterocycles. The van der Waals surface area contributed by atoms with E-state index < -0.39 is 15.9 Å². The van der Waals surface area contributed by atoms with Gasteiger partial charge >= 0.3 is 0 Å². The molecular weight excluding hydrogens is 420 g/mol. The van der Waals surface area contributed by atoms with Gasteiger partial charge in [0, 0.05) is 16.9 Å². The van der Waals surface area contributed by atoms with E-state index in [2.05, 4.69) is 20.9 Å². The number of carbonyl (C=O) groups is 1. The molecule has 0 aromatic heterocycles. The molecule has 0 atom stereocenters. The third-order valence-electron chi connectivity index (χ3n) is 4.03. The van der Waals surface area contributed by atoms with Crippen LogP contribution in [-0.4, -0.2) is 19.4 Å². The molecule has 0 heterocycles. The fourth-order valence-corrected chi connectivity index (χ4v) is 3.74. The summed E-state index contributed by atoms with van der Waals surface area (Å²) in [5.41, 5.74) is 7.35. The molecule has 0 radical (unpaired) electrons. The molecule has 3 rings (SSSR count). The number of amides is 1. The first-order valence-corrected chi connectivity index (χ1v) is 10.8. The zero-order valence-corrected chi connectivity index (χ0v) is 17.7. The molecular formula is C21H20N4O3S2. The Bertz CT molecular complexity index is 1150. The quantitative estimate of drug-likeness (QED) is 0.358. The van der Waals surface area contributed by atoms with E-state index >= 15 is 0 Å². The molecule has 0 saturated carbocycles. The van der Waals surface area contributed by atoms with Gasteiger partial charge in [0.25, 0.3) is 15.9 Å². The van der Waals surface area contributed by atoms with Crippen LogP contribution in [0, 0.1) is 6.92 Å². The van der Waals surface area contributed by atoms with Gasteiger partial charge in [0.1, 0.15) is 0 Å². The van der Waals surface area contributed by atoms with Crippen molar-refractivity contribution in [1.82, 2.24) is 10.9 Å². The highest BCUT2D eigenvalue weighted by atomic mass is 32.2. The lowest BCUT2D eigenvalue weighted by molar-refractivity contribution is 0.0944. The molecule has 9 heteroatoms. The zero-order chi connectivity index (χ0) is 21.6. The largest absolute Gasteiger partial charge is 0.331 e. The number of sulfonamides is 1. The van der Waals surface area contributed by atoms with Crippen LogP contribution in [0.25, 0.3) is 0 Å². The van der Waals surface area contributed by atoms with E-state index in [1.165, 1.54) is 18.2 Å². The molecule has 3 aromatic carbocycles. The predicted octanol–water partition coefficient (Wildman–Crippen LogP) is 3.43. The van der Waals surface area contributed by atoms with Gasteiger partial charge in [-0.2, -0.15) is 0 Å². The number of anilines is 2. The number of hydrogen-bond acceptors (Lipinski definition) is 4. The maximum atomic E-state index is 12.5. The number of para-hydroxylation sites is 1. The molecule has 30 heavy (non-hydrogen) atoms. The van der Waals surface area contributed by atoms with Gasteiger partial charge in [-0.1, -0.05) is 42.0 Å². The molecule has 0 spiro atoms. The Morgan fingerprint density at radius 3 is 2.20 bits per heavy atom. The van der Waals surface area contributed by atoms with Gasteiger partial charge in [-0.05, 0) is 61.6 Å². The lowest BCUT2D eigenvalue weighted by Gasteiger charge is -2.12. The molecule has 0 aliphatic heterocycles. The van der Waals surface area contributed by atoms with E-state index in [-0.39, 0.29) is 21.3 Å². The van der Waals surface area contributed by atoms with Crippen molar-refractivity contribution in [2.45, 2.75) is 11.8 Å². The number of hydrazine groups is 1. The van der Waals surface area contributed by atoms with E-state index in [4.69, 9.17) is 12.2 Å². The van der Waals surface area contributed by atoms with Gasteiger partial charge in [0.05, 0.1) is 4.90 Å². The second kappa shape index (κ2) is 9.38. The maximum Gasteiger partial charge on any atom is 0.269 e. The fourth-order valence-electron chi connectivity index (χ4n) is 2.52. The number of carbonyl (C=O) groups excluding carboxylic acids is 1. The zero-order valence-electron chi connectivity index (χ0n) is 16.0. The van der Waals surface area contributed by atoms with Gasteiger partial charge in [0.15, 0.2) is 5.11 Å². The summed E-state index contributed by atoms with van der Waals surface area (Å²) in [5, 5.41) is 3.14. The second-order valence-electron chi connectivity index (χ2n) is 6.40. The summed E-state index contributed by atoms with van der Waals surface area (Å²) in [7, 11) is -3.76. The molecule has 4 N–H and O–H groups in total. The third kappa shape index (κ3) is 5.79. The molecule has 0 fully saturated rings. The number of hydrogen-bond donors (Lipinski definition) is 4. The summed E-state index contributed by atoms with van der Waals surface area (Å²) in [4.78, 5) is 12.5. The van der Waals surface area contributed by atoms with Gasteiger partial charge in [-0.25, -0.2) is 8.42 Å². The van der Waals surface area contributed by atoms with Crippen LogP contribution in [0.15, 0.2) is 83.8 Å². The van der Waals surface area contributed by atoms with Crippen molar-refractivity contribution in [3.05, 3.63) is 90.0 Å². The molecule has 7 nitrogen and oxygen atoms in total. The third-order valence-corrected chi connectivity index (χ3v) is 5.63. The van der Waals surface area contributed by atoms with Gasteiger partial charge < -0.3 is 5.32 Å². The van der Waals surface area contributed by atoms with Gasteiger partial charge in [-0.3, -0.25) is 20.4 Å². The highest BCUT2D eigenvalue weighted by Gasteiger charge is 2.15. The Hall–Kier alpha value is -3.43. The molecule has 0 aliphatic carbocycles. The van der Waals surface area contributed by atoms with Crippen LogP contribution in [0.3, 0.4) is 0 Å². The maximum absolute atomic E-state index is 12.5. The minimum absolute atomic E-state index is 0.141. The van der Waals surface area contributed by atoms with Crippen molar-refractivity contribution in [3.8, 4) is 0 Å². The number of aryl methyl sites for hydroxylation is 1. The van der Waals surface area contributed by atoms with E-state index in [1.54, 1.807) is 30.3 Å². The Balaban J connectivity index is 1.62. The summed E-state index contributed by atoms with van der Waals surface area (Å²) in [6.07, 6.45) is 0. The first-order valence-electron chi connectivity index (χ1n) is 8.95. The average molecular weight is 441 g/mol. The van der Waals surface area contributed by atoms with Gasteiger partial charge in [-0.15, -0.1) is 0 Å². The summed E-state index contributed by atoms with van der Waals surface area (Å²) >= 11 is 5.14. The van der Waals surface area contributed by atoms with Crippen molar-refractivity contribution in [2.75, 3.05) is 10.0 Å². The van der Waals surface area contributed by atoms with Crippen LogP contribution in [0.1, 0.15) is 15.9 Å². The monoisotopic (exact) mass is 440 g/mol. The fraction of sp³-hybridized carbons (Fsp3) is 0.0476. The van der Waals surface area contributed by atoms with Crippen LogP contribution in [0.5, 0.6) is 0 Å². The number of nitrogens with one attached hydrogen (secondary N) is 4. The summed E-state index contributed by atoms with van der Waals surface area (Å²) in [5.74, 6) is -0.469. The van der Waals surface area contributed by atoms with Crippen molar-refractivity contribution < 1.29 is 13.2 Å². The smallest absolute Gasteiger partial charge is 0.269 e. The summed E-state index contributed by atoms with van der Waals surface area (Å²) in [6, 6.07) is 21.9. The first-order chi connectivity index (χ1) is 14.3. The molecule has 0 unspecified atom stereocenters. The van der Waals surface area contributed by atoms with Crippen LogP contribution in [-0.2, 0) is 10.0 Å². The standard InChI is InChI=1S/C21H20N4O3S2/c1-15-10-12-19(13-11-15)30(27,28)25-18-9-5-6-16(14-18)20(26)23-24-21(29)22-17-7-3-2-4-8-17/h2-14,25H,1H3,(H,23,26)(H2,22,24,29).